The average molecular weight is 640 g/mol. The van der Waals surface area contributed by atoms with Crippen molar-refractivity contribution in [3.8, 4) is 6.07 Å². The van der Waals surface area contributed by atoms with Crippen LogP contribution < -0.4 is 15.1 Å². The van der Waals surface area contributed by atoms with Crippen LogP contribution in [-0.2, 0) is 14.3 Å². The van der Waals surface area contributed by atoms with E-state index in [1.54, 1.807) is 35.2 Å². The second-order valence-electron chi connectivity index (χ2n) is 11.5. The molecule has 1 saturated carbocycles. The Morgan fingerprint density at radius 2 is 1.93 bits per heavy atom. The highest BCUT2D eigenvalue weighted by molar-refractivity contribution is 6.31. The quantitative estimate of drug-likeness (QED) is 0.337. The van der Waals surface area contributed by atoms with Gasteiger partial charge in [0.25, 0.3) is 5.91 Å². The number of nitriles is 1. The molecule has 0 spiro atoms. The van der Waals surface area contributed by atoms with Gasteiger partial charge < -0.3 is 20.1 Å². The fraction of sp³-hybridized carbons (Fsp3) is 0.375. The van der Waals surface area contributed by atoms with Crippen LogP contribution in [0.2, 0.25) is 5.02 Å². The smallest absolute Gasteiger partial charge is 0.257 e. The van der Waals surface area contributed by atoms with Gasteiger partial charge in [0.15, 0.2) is 6.23 Å². The number of ether oxygens (including phenoxy) is 1. The number of anilines is 2. The number of halogens is 4. The van der Waals surface area contributed by atoms with Crippen LogP contribution in [0.4, 0.5) is 24.7 Å². The number of aliphatic hydroxyl groups excluding tert-OH is 1. The molecular weight excluding hydrogens is 611 g/mol. The molecular formula is C32H29ClF3N5O4. The summed E-state index contributed by atoms with van der Waals surface area (Å²) in [6.07, 6.45) is -2.21. The van der Waals surface area contributed by atoms with E-state index in [4.69, 9.17) is 16.3 Å². The number of pyridine rings is 1. The number of carbonyl (C=O) groups excluding carboxylic acids is 2. The molecule has 3 aromatic rings. The van der Waals surface area contributed by atoms with Crippen LogP contribution in [0.3, 0.4) is 0 Å². The highest BCUT2D eigenvalue weighted by Crippen LogP contribution is 2.45. The summed E-state index contributed by atoms with van der Waals surface area (Å²) >= 11 is 6.62. The van der Waals surface area contributed by atoms with Crippen LogP contribution in [-0.4, -0.2) is 58.3 Å². The monoisotopic (exact) mass is 639 g/mol. The van der Waals surface area contributed by atoms with Crippen LogP contribution in [0, 0.1) is 17.1 Å². The summed E-state index contributed by atoms with van der Waals surface area (Å²) in [4.78, 5) is 34.4. The van der Waals surface area contributed by atoms with E-state index in [0.29, 0.717) is 5.56 Å². The van der Waals surface area contributed by atoms with Gasteiger partial charge in [-0.05, 0) is 49.2 Å². The molecule has 2 aliphatic heterocycles. The molecule has 45 heavy (non-hydrogen) atoms. The van der Waals surface area contributed by atoms with Crippen LogP contribution in [0.1, 0.15) is 49.3 Å². The van der Waals surface area contributed by atoms with E-state index in [9.17, 15) is 33.1 Å². The number of amides is 2. The fourth-order valence-corrected chi connectivity index (χ4v) is 6.46. The molecule has 3 aliphatic rings. The van der Waals surface area contributed by atoms with Crippen molar-refractivity contribution in [2.75, 3.05) is 9.80 Å². The second-order valence-corrected chi connectivity index (χ2v) is 11.9. The Morgan fingerprint density at radius 1 is 1.18 bits per heavy atom. The highest BCUT2D eigenvalue weighted by Gasteiger charge is 2.58. The second kappa shape index (κ2) is 12.3. The van der Waals surface area contributed by atoms with E-state index in [1.807, 2.05) is 6.07 Å². The first-order chi connectivity index (χ1) is 21.6. The number of rotatable bonds is 8. The van der Waals surface area contributed by atoms with Crippen LogP contribution in [0.15, 0.2) is 66.9 Å². The predicted molar refractivity (Wildman–Crippen MR) is 158 cm³/mol. The Labute approximate surface area is 262 Å². The molecule has 1 aromatic heterocycles. The van der Waals surface area contributed by atoms with E-state index in [1.165, 1.54) is 41.4 Å². The van der Waals surface area contributed by atoms with E-state index in [-0.39, 0.29) is 54.2 Å². The van der Waals surface area contributed by atoms with Gasteiger partial charge in [0.2, 0.25) is 11.8 Å². The van der Waals surface area contributed by atoms with Gasteiger partial charge in [-0.2, -0.15) is 5.26 Å². The molecule has 9 nitrogen and oxygen atoms in total. The molecule has 6 rings (SSSR count). The molecule has 13 heteroatoms. The molecule has 2 saturated heterocycles. The lowest BCUT2D eigenvalue weighted by molar-refractivity contribution is -0.125. The van der Waals surface area contributed by atoms with Crippen LogP contribution >= 0.6 is 11.6 Å². The average Bonchev–Trinajstić information content (AvgIpc) is 3.74. The number of epoxide rings is 1. The molecule has 3 heterocycles. The van der Waals surface area contributed by atoms with E-state index < -0.39 is 60.1 Å². The SMILES string of the molecule is N#Cc1ccnc(N2C(=O)C(O)CC2C2OC2N(c2cccc(F)c2)C(C(=O)NC2CCC(F)(F)CC2)c2ccccc2Cl)c1. The number of hydrogen-bond acceptors (Lipinski definition) is 7. The van der Waals surface area contributed by atoms with Gasteiger partial charge in [0.1, 0.15) is 29.9 Å². The topological polar surface area (TPSA) is 122 Å². The van der Waals surface area contributed by atoms with Crippen molar-refractivity contribution in [3.05, 3.63) is 88.8 Å². The van der Waals surface area contributed by atoms with Gasteiger partial charge in [-0.25, -0.2) is 18.2 Å². The van der Waals surface area contributed by atoms with Crippen molar-refractivity contribution < 1.29 is 32.6 Å². The number of hydrogen-bond donors (Lipinski definition) is 2. The third-order valence-corrected chi connectivity index (χ3v) is 8.84. The number of nitrogens with one attached hydrogen (secondary N) is 1. The number of nitrogens with zero attached hydrogens (tertiary/aromatic N) is 4. The maximum absolute atomic E-state index is 14.7. The molecule has 1 aliphatic carbocycles. The zero-order valence-corrected chi connectivity index (χ0v) is 24.6. The summed E-state index contributed by atoms with van der Waals surface area (Å²) in [6, 6.07) is 14.7. The number of aromatic nitrogens is 1. The van der Waals surface area contributed by atoms with Crippen molar-refractivity contribution in [1.29, 1.82) is 5.26 Å². The minimum atomic E-state index is -2.79. The Hall–Kier alpha value is -4.18. The molecule has 3 fully saturated rings. The maximum Gasteiger partial charge on any atom is 0.257 e. The molecule has 0 bridgehead atoms. The summed E-state index contributed by atoms with van der Waals surface area (Å²) in [5.74, 6) is -4.37. The first kappa shape index (κ1) is 30.8. The van der Waals surface area contributed by atoms with Gasteiger partial charge in [-0.15, -0.1) is 0 Å². The highest BCUT2D eigenvalue weighted by atomic mass is 35.5. The summed E-state index contributed by atoms with van der Waals surface area (Å²) in [7, 11) is 0. The van der Waals surface area contributed by atoms with Crippen LogP contribution in [0.5, 0.6) is 0 Å². The molecule has 2 N–H and O–H groups in total. The zero-order chi connectivity index (χ0) is 31.9. The van der Waals surface area contributed by atoms with Gasteiger partial charge in [-0.3, -0.25) is 14.5 Å². The minimum absolute atomic E-state index is 0.0192. The summed E-state index contributed by atoms with van der Waals surface area (Å²) in [5.41, 5.74) is 0.913. The number of alkyl halides is 2. The Balaban J connectivity index is 1.37. The Morgan fingerprint density at radius 3 is 2.64 bits per heavy atom. The van der Waals surface area contributed by atoms with Gasteiger partial charge in [0, 0.05) is 47.8 Å². The largest absolute Gasteiger partial charge is 0.383 e. The maximum atomic E-state index is 14.7. The minimum Gasteiger partial charge on any atom is -0.383 e. The third kappa shape index (κ3) is 6.33. The van der Waals surface area contributed by atoms with Crippen molar-refractivity contribution in [2.45, 2.75) is 74.6 Å². The lowest BCUT2D eigenvalue weighted by Gasteiger charge is -2.35. The number of benzene rings is 2. The normalized spacial score (nSPS) is 25.0. The van der Waals surface area contributed by atoms with Gasteiger partial charge >= 0.3 is 0 Å². The summed E-state index contributed by atoms with van der Waals surface area (Å²) in [5, 5.41) is 23.1. The Kier molecular flexibility index (Phi) is 8.43. The lowest BCUT2D eigenvalue weighted by atomic mass is 9.91. The van der Waals surface area contributed by atoms with Crippen molar-refractivity contribution in [1.82, 2.24) is 10.3 Å². The third-order valence-electron chi connectivity index (χ3n) is 8.49. The molecule has 5 atom stereocenters. The molecule has 2 amide bonds. The van der Waals surface area contributed by atoms with Crippen molar-refractivity contribution in [3.63, 3.8) is 0 Å². The van der Waals surface area contributed by atoms with Crippen LogP contribution in [0.25, 0.3) is 0 Å². The van der Waals surface area contributed by atoms with Gasteiger partial charge in [0.05, 0.1) is 17.7 Å². The number of carbonyl (C=O) groups is 2. The Bertz CT molecular complexity index is 1640. The molecule has 234 valence electrons. The van der Waals surface area contributed by atoms with E-state index >= 15 is 0 Å². The molecule has 5 unspecified atom stereocenters. The van der Waals surface area contributed by atoms with Gasteiger partial charge in [-0.1, -0.05) is 35.9 Å². The van der Waals surface area contributed by atoms with E-state index in [2.05, 4.69) is 10.3 Å². The fourth-order valence-electron chi connectivity index (χ4n) is 6.22. The summed E-state index contributed by atoms with van der Waals surface area (Å²) < 4.78 is 48.6. The van der Waals surface area contributed by atoms with Crippen molar-refractivity contribution >= 4 is 34.9 Å². The molecule has 2 aromatic carbocycles. The lowest BCUT2D eigenvalue weighted by Crippen LogP contribution is -2.49. The first-order valence-corrected chi connectivity index (χ1v) is 14.9. The number of aliphatic hydroxyl groups is 1. The zero-order valence-electron chi connectivity index (χ0n) is 23.8. The molecule has 0 radical (unpaired) electrons. The standard InChI is InChI=1S/C32H29ClF3N5O4/c33-23-7-2-1-6-22(23)27(29(43)39-20-8-11-32(35,36)12-9-20)40(21-5-3-4-19(34)15-21)31-28(45-31)24-16-25(42)30(44)41(24)26-14-18(17-37)10-13-38-26/h1-7,10,13-15,20,24-25,27-28,31,42H,8-9,11-12,16H2,(H,39,43). The predicted octanol–water partition coefficient (Wildman–Crippen LogP) is 4.88. The first-order valence-electron chi connectivity index (χ1n) is 14.6. The van der Waals surface area contributed by atoms with E-state index in [0.717, 1.165) is 0 Å². The van der Waals surface area contributed by atoms with Crippen molar-refractivity contribution in [2.24, 2.45) is 0 Å². The summed E-state index contributed by atoms with van der Waals surface area (Å²) in [6.45, 7) is 0.